The molecule has 2 N–H and O–H groups in total. The number of anilines is 1. The fraction of sp³-hybridized carbons (Fsp3) is 0.526. The Bertz CT molecular complexity index is 639. The molecule has 6 nitrogen and oxygen atoms in total. The topological polar surface area (TPSA) is 86.7 Å². The van der Waals surface area contributed by atoms with Gasteiger partial charge in [0.05, 0.1) is 0 Å². The van der Waals surface area contributed by atoms with Crippen molar-refractivity contribution in [1.82, 2.24) is 5.32 Å². The molecule has 25 heavy (non-hydrogen) atoms. The van der Waals surface area contributed by atoms with E-state index in [9.17, 15) is 14.4 Å². The van der Waals surface area contributed by atoms with Gasteiger partial charge in [-0.3, -0.25) is 14.4 Å². The Morgan fingerprint density at radius 1 is 1.24 bits per heavy atom. The summed E-state index contributed by atoms with van der Waals surface area (Å²) in [4.78, 5) is 37.1. The highest BCUT2D eigenvalue weighted by molar-refractivity contribution is 6.09. The van der Waals surface area contributed by atoms with Gasteiger partial charge in [0.25, 0.3) is 0 Å². The van der Waals surface area contributed by atoms with Gasteiger partial charge in [-0.25, -0.2) is 0 Å². The van der Waals surface area contributed by atoms with Crippen LogP contribution in [0, 0.1) is 5.92 Å². The van der Waals surface area contributed by atoms with Gasteiger partial charge in [-0.15, -0.1) is 0 Å². The zero-order valence-corrected chi connectivity index (χ0v) is 15.0. The third-order valence-electron chi connectivity index (χ3n) is 4.57. The van der Waals surface area contributed by atoms with Gasteiger partial charge in [0.1, 0.15) is 5.92 Å². The molecule has 136 valence electrons. The molecule has 0 aromatic heterocycles. The summed E-state index contributed by atoms with van der Waals surface area (Å²) in [5, 5.41) is 11.4. The second kappa shape index (κ2) is 8.14. The van der Waals surface area contributed by atoms with Crippen molar-refractivity contribution in [2.45, 2.75) is 52.0 Å². The molecular weight excluding hydrogens is 320 g/mol. The summed E-state index contributed by atoms with van der Waals surface area (Å²) in [7, 11) is 0. The van der Waals surface area contributed by atoms with Crippen molar-refractivity contribution >= 4 is 23.5 Å². The van der Waals surface area contributed by atoms with Gasteiger partial charge in [-0.1, -0.05) is 26.0 Å². The minimum absolute atomic E-state index is 0.00557. The van der Waals surface area contributed by atoms with Crippen LogP contribution in [0.3, 0.4) is 0 Å². The molecule has 1 aliphatic rings. The van der Waals surface area contributed by atoms with Gasteiger partial charge in [-0.05, 0) is 43.4 Å². The maximum Gasteiger partial charge on any atom is 0.303 e. The number of rotatable bonds is 7. The molecule has 0 aliphatic carbocycles. The Morgan fingerprint density at radius 3 is 2.44 bits per heavy atom. The van der Waals surface area contributed by atoms with Crippen LogP contribution in [0.25, 0.3) is 0 Å². The molecule has 2 rings (SSSR count). The van der Waals surface area contributed by atoms with Crippen LogP contribution in [0.4, 0.5) is 5.69 Å². The minimum atomic E-state index is -0.894. The molecule has 2 amide bonds. The van der Waals surface area contributed by atoms with Crippen LogP contribution in [0.1, 0.15) is 51.5 Å². The van der Waals surface area contributed by atoms with Crippen molar-refractivity contribution in [1.29, 1.82) is 0 Å². The van der Waals surface area contributed by atoms with E-state index in [1.54, 1.807) is 11.8 Å². The quantitative estimate of drug-likeness (QED) is 0.743. The van der Waals surface area contributed by atoms with E-state index in [2.05, 4.69) is 19.2 Å². The predicted octanol–water partition coefficient (Wildman–Crippen LogP) is 2.53. The Labute approximate surface area is 148 Å². The van der Waals surface area contributed by atoms with Crippen molar-refractivity contribution in [2.75, 3.05) is 11.4 Å². The maximum atomic E-state index is 12.6. The zero-order valence-electron chi connectivity index (χ0n) is 15.0. The van der Waals surface area contributed by atoms with Crippen LogP contribution in [0.2, 0.25) is 0 Å². The van der Waals surface area contributed by atoms with Crippen molar-refractivity contribution in [3.63, 3.8) is 0 Å². The van der Waals surface area contributed by atoms with Crippen LogP contribution in [-0.4, -0.2) is 35.5 Å². The summed E-state index contributed by atoms with van der Waals surface area (Å²) < 4.78 is 0. The van der Waals surface area contributed by atoms with Crippen molar-refractivity contribution in [3.05, 3.63) is 29.8 Å². The standard InChI is InChI=1S/C19H26N2O4/c1-12(2)14-5-7-15(8-6-14)21-11-10-16(19(21)25)18(24)20-13(3)4-9-17(22)23/h5-8,12-13,16H,4,9-11H2,1-3H3,(H,20,24)(H,22,23). The van der Waals surface area contributed by atoms with E-state index in [0.717, 1.165) is 5.69 Å². The van der Waals surface area contributed by atoms with Crippen LogP contribution >= 0.6 is 0 Å². The van der Waals surface area contributed by atoms with E-state index >= 15 is 0 Å². The lowest BCUT2D eigenvalue weighted by molar-refractivity contribution is -0.138. The first-order valence-electron chi connectivity index (χ1n) is 8.73. The molecule has 1 saturated heterocycles. The van der Waals surface area contributed by atoms with Gasteiger partial charge < -0.3 is 15.3 Å². The average molecular weight is 346 g/mol. The monoisotopic (exact) mass is 346 g/mol. The second-order valence-electron chi connectivity index (χ2n) is 6.92. The Hall–Kier alpha value is -2.37. The van der Waals surface area contributed by atoms with E-state index in [4.69, 9.17) is 5.11 Å². The molecule has 1 aromatic rings. The van der Waals surface area contributed by atoms with E-state index in [1.807, 2.05) is 24.3 Å². The van der Waals surface area contributed by atoms with Crippen molar-refractivity contribution in [3.8, 4) is 0 Å². The van der Waals surface area contributed by atoms with Gasteiger partial charge >= 0.3 is 5.97 Å². The second-order valence-corrected chi connectivity index (χ2v) is 6.92. The van der Waals surface area contributed by atoms with Crippen LogP contribution in [-0.2, 0) is 14.4 Å². The molecule has 1 fully saturated rings. The highest BCUT2D eigenvalue weighted by Crippen LogP contribution is 2.27. The van der Waals surface area contributed by atoms with E-state index in [0.29, 0.717) is 25.3 Å². The molecule has 2 atom stereocenters. The fourth-order valence-electron chi connectivity index (χ4n) is 2.97. The lowest BCUT2D eigenvalue weighted by atomic mass is 10.0. The smallest absolute Gasteiger partial charge is 0.303 e. The molecule has 0 bridgehead atoms. The van der Waals surface area contributed by atoms with Gasteiger partial charge in [0, 0.05) is 24.7 Å². The molecule has 0 saturated carbocycles. The van der Waals surface area contributed by atoms with Crippen LogP contribution in [0.5, 0.6) is 0 Å². The number of benzene rings is 1. The number of carboxylic acid groups (broad SMARTS) is 1. The summed E-state index contributed by atoms with van der Waals surface area (Å²) in [5.41, 5.74) is 2.01. The summed E-state index contributed by atoms with van der Waals surface area (Å²) >= 11 is 0. The number of nitrogens with one attached hydrogen (secondary N) is 1. The summed E-state index contributed by atoms with van der Waals surface area (Å²) in [6.07, 6.45) is 0.818. The number of carbonyl (C=O) groups is 3. The average Bonchev–Trinajstić information content (AvgIpc) is 2.94. The first kappa shape index (κ1) is 19.0. The highest BCUT2D eigenvalue weighted by atomic mass is 16.4. The SMILES string of the molecule is CC(CCC(=O)O)NC(=O)C1CCN(c2ccc(C(C)C)cc2)C1=O. The van der Waals surface area contributed by atoms with E-state index in [1.165, 1.54) is 5.56 Å². The first-order chi connectivity index (χ1) is 11.8. The fourth-order valence-corrected chi connectivity index (χ4v) is 2.97. The summed E-state index contributed by atoms with van der Waals surface area (Å²) in [6.45, 7) is 6.49. The predicted molar refractivity (Wildman–Crippen MR) is 95.5 cm³/mol. The Balaban J connectivity index is 1.96. The number of hydrogen-bond donors (Lipinski definition) is 2. The number of carboxylic acids is 1. The minimum Gasteiger partial charge on any atom is -0.481 e. The van der Waals surface area contributed by atoms with Crippen molar-refractivity contribution in [2.24, 2.45) is 5.92 Å². The van der Waals surface area contributed by atoms with E-state index in [-0.39, 0.29) is 24.3 Å². The molecule has 0 radical (unpaired) electrons. The van der Waals surface area contributed by atoms with Crippen molar-refractivity contribution < 1.29 is 19.5 Å². The van der Waals surface area contributed by atoms with Crippen LogP contribution < -0.4 is 10.2 Å². The summed E-state index contributed by atoms with van der Waals surface area (Å²) in [6, 6.07) is 7.59. The highest BCUT2D eigenvalue weighted by Gasteiger charge is 2.37. The third-order valence-corrected chi connectivity index (χ3v) is 4.57. The summed E-state index contributed by atoms with van der Waals surface area (Å²) in [5.74, 6) is -1.68. The molecule has 6 heteroatoms. The van der Waals surface area contributed by atoms with Crippen LogP contribution in [0.15, 0.2) is 24.3 Å². The number of nitrogens with zero attached hydrogens (tertiary/aromatic N) is 1. The molecule has 1 aromatic carbocycles. The van der Waals surface area contributed by atoms with Gasteiger partial charge in [0.2, 0.25) is 11.8 Å². The van der Waals surface area contributed by atoms with Gasteiger partial charge in [0.15, 0.2) is 0 Å². The number of aliphatic carboxylic acids is 1. The Morgan fingerprint density at radius 2 is 1.88 bits per heavy atom. The number of hydrogen-bond acceptors (Lipinski definition) is 3. The lowest BCUT2D eigenvalue weighted by Gasteiger charge is -2.19. The molecule has 1 heterocycles. The molecule has 2 unspecified atom stereocenters. The normalized spacial score (nSPS) is 18.5. The molecular formula is C19H26N2O4. The third kappa shape index (κ3) is 4.81. The first-order valence-corrected chi connectivity index (χ1v) is 8.73. The number of carbonyl (C=O) groups excluding carboxylic acids is 2. The van der Waals surface area contributed by atoms with E-state index < -0.39 is 11.9 Å². The molecule has 1 aliphatic heterocycles. The lowest BCUT2D eigenvalue weighted by Crippen LogP contribution is -2.41. The van der Waals surface area contributed by atoms with Gasteiger partial charge in [-0.2, -0.15) is 0 Å². The maximum absolute atomic E-state index is 12.6. The largest absolute Gasteiger partial charge is 0.481 e. The zero-order chi connectivity index (χ0) is 18.6. The number of amides is 2. The molecule has 0 spiro atoms. The Kier molecular flexibility index (Phi) is 6.17.